The first kappa shape index (κ1) is 12.8. The van der Waals surface area contributed by atoms with Gasteiger partial charge in [0.25, 0.3) is 0 Å². The second-order valence-corrected chi connectivity index (χ2v) is 5.23. The molecule has 0 amide bonds. The van der Waals surface area contributed by atoms with Gasteiger partial charge in [0.1, 0.15) is 6.10 Å². The molecule has 2 nitrogen and oxygen atoms in total. The van der Waals surface area contributed by atoms with E-state index in [0.717, 1.165) is 4.47 Å². The summed E-state index contributed by atoms with van der Waals surface area (Å²) in [6, 6.07) is 8.50. The van der Waals surface area contributed by atoms with E-state index in [4.69, 9.17) is 23.2 Å². The number of halogens is 3. The Morgan fingerprint density at radius 1 is 1.18 bits per heavy atom. The first-order valence-electron chi connectivity index (χ1n) is 4.82. The molecule has 2 rings (SSSR count). The molecule has 2 aromatic rings. The molecule has 5 heteroatoms. The molecule has 1 heterocycles. The van der Waals surface area contributed by atoms with Crippen molar-refractivity contribution < 1.29 is 5.11 Å². The predicted octanol–water partition coefficient (Wildman–Crippen LogP) is 4.23. The van der Waals surface area contributed by atoms with E-state index >= 15 is 0 Å². The van der Waals surface area contributed by atoms with E-state index in [0.29, 0.717) is 21.3 Å². The number of hydrogen-bond donors (Lipinski definition) is 1. The topological polar surface area (TPSA) is 33.1 Å². The SMILES string of the molecule is OC(c1ccc(Br)cn1)c1cc(Cl)ccc1Cl. The number of aliphatic hydroxyl groups is 1. The van der Waals surface area contributed by atoms with Gasteiger partial charge in [-0.25, -0.2) is 0 Å². The van der Waals surface area contributed by atoms with Crippen molar-refractivity contribution in [3.63, 3.8) is 0 Å². The monoisotopic (exact) mass is 331 g/mol. The Labute approximate surface area is 117 Å². The zero-order valence-electron chi connectivity index (χ0n) is 8.57. The number of hydrogen-bond acceptors (Lipinski definition) is 2. The number of benzene rings is 1. The van der Waals surface area contributed by atoms with Crippen LogP contribution in [-0.4, -0.2) is 10.1 Å². The highest BCUT2D eigenvalue weighted by atomic mass is 79.9. The summed E-state index contributed by atoms with van der Waals surface area (Å²) in [4.78, 5) is 4.13. The molecule has 1 aromatic carbocycles. The molecule has 0 saturated heterocycles. The Kier molecular flexibility index (Phi) is 4.05. The highest BCUT2D eigenvalue weighted by Gasteiger charge is 2.15. The number of rotatable bonds is 2. The molecule has 1 unspecified atom stereocenters. The van der Waals surface area contributed by atoms with Crippen LogP contribution in [0.15, 0.2) is 41.0 Å². The maximum Gasteiger partial charge on any atom is 0.122 e. The molecule has 88 valence electrons. The summed E-state index contributed by atoms with van der Waals surface area (Å²) in [7, 11) is 0. The van der Waals surface area contributed by atoms with E-state index in [1.54, 1.807) is 30.5 Å². The Morgan fingerprint density at radius 3 is 2.59 bits per heavy atom. The lowest BCUT2D eigenvalue weighted by Gasteiger charge is -2.12. The molecule has 1 atom stereocenters. The lowest BCUT2D eigenvalue weighted by atomic mass is 10.1. The van der Waals surface area contributed by atoms with Crippen molar-refractivity contribution in [1.82, 2.24) is 4.98 Å². The van der Waals surface area contributed by atoms with Crippen LogP contribution in [0.4, 0.5) is 0 Å². The Bertz CT molecular complexity index is 531. The summed E-state index contributed by atoms with van der Waals surface area (Å²) < 4.78 is 0.852. The zero-order chi connectivity index (χ0) is 12.4. The first-order valence-corrected chi connectivity index (χ1v) is 6.37. The summed E-state index contributed by atoms with van der Waals surface area (Å²) in [5.74, 6) is 0. The Hall–Kier alpha value is -0.610. The van der Waals surface area contributed by atoms with E-state index in [-0.39, 0.29) is 0 Å². The molecule has 17 heavy (non-hydrogen) atoms. The molecule has 0 aliphatic heterocycles. The minimum atomic E-state index is -0.880. The number of aromatic nitrogens is 1. The van der Waals surface area contributed by atoms with Gasteiger partial charge in [0, 0.05) is 26.3 Å². The summed E-state index contributed by atoms with van der Waals surface area (Å²) in [6.07, 6.45) is 0.742. The van der Waals surface area contributed by atoms with E-state index in [2.05, 4.69) is 20.9 Å². The maximum atomic E-state index is 10.2. The number of pyridine rings is 1. The summed E-state index contributed by atoms with van der Waals surface area (Å²) in [6.45, 7) is 0. The second-order valence-electron chi connectivity index (χ2n) is 3.47. The fourth-order valence-electron chi connectivity index (χ4n) is 1.43. The van der Waals surface area contributed by atoms with Crippen LogP contribution in [0.25, 0.3) is 0 Å². The fourth-order valence-corrected chi connectivity index (χ4v) is 2.07. The van der Waals surface area contributed by atoms with Crippen molar-refractivity contribution in [3.05, 3.63) is 62.3 Å². The second kappa shape index (κ2) is 5.36. The van der Waals surface area contributed by atoms with Crippen molar-refractivity contribution >= 4 is 39.1 Å². The minimum Gasteiger partial charge on any atom is -0.382 e. The highest BCUT2D eigenvalue weighted by molar-refractivity contribution is 9.10. The average Bonchev–Trinajstić information content (AvgIpc) is 2.32. The molecule has 0 spiro atoms. The van der Waals surface area contributed by atoms with E-state index in [1.165, 1.54) is 0 Å². The fraction of sp³-hybridized carbons (Fsp3) is 0.0833. The predicted molar refractivity (Wildman–Crippen MR) is 72.5 cm³/mol. The van der Waals surface area contributed by atoms with Gasteiger partial charge in [-0.3, -0.25) is 4.98 Å². The minimum absolute atomic E-state index is 0.464. The van der Waals surface area contributed by atoms with Crippen LogP contribution in [-0.2, 0) is 0 Å². The smallest absolute Gasteiger partial charge is 0.122 e. The molecule has 1 N–H and O–H groups in total. The third kappa shape index (κ3) is 2.99. The number of aliphatic hydroxyl groups excluding tert-OH is 1. The van der Waals surface area contributed by atoms with Gasteiger partial charge in [0.15, 0.2) is 0 Å². The average molecular weight is 333 g/mol. The maximum absolute atomic E-state index is 10.2. The number of nitrogens with zero attached hydrogens (tertiary/aromatic N) is 1. The summed E-state index contributed by atoms with van der Waals surface area (Å²) in [5, 5.41) is 11.2. The molecule has 0 radical (unpaired) electrons. The standard InChI is InChI=1S/C12H8BrCl2NO/c13-7-1-4-11(16-6-7)12(17)9-5-8(14)2-3-10(9)15/h1-6,12,17H. The van der Waals surface area contributed by atoms with Gasteiger partial charge in [0.05, 0.1) is 5.69 Å². The lowest BCUT2D eigenvalue weighted by molar-refractivity contribution is 0.215. The van der Waals surface area contributed by atoms with E-state index < -0.39 is 6.10 Å². The van der Waals surface area contributed by atoms with Crippen molar-refractivity contribution in [3.8, 4) is 0 Å². The van der Waals surface area contributed by atoms with Crippen LogP contribution < -0.4 is 0 Å². The molecule has 0 saturated carbocycles. The van der Waals surface area contributed by atoms with E-state index in [9.17, 15) is 5.11 Å². The molecule has 0 bridgehead atoms. The van der Waals surface area contributed by atoms with Crippen molar-refractivity contribution in [2.45, 2.75) is 6.10 Å². The third-order valence-electron chi connectivity index (χ3n) is 2.28. The van der Waals surface area contributed by atoms with Gasteiger partial charge < -0.3 is 5.11 Å². The molecular formula is C12H8BrCl2NO. The zero-order valence-corrected chi connectivity index (χ0v) is 11.7. The molecule has 0 fully saturated rings. The first-order chi connectivity index (χ1) is 8.08. The van der Waals surface area contributed by atoms with Gasteiger partial charge in [0.2, 0.25) is 0 Å². The van der Waals surface area contributed by atoms with Crippen molar-refractivity contribution in [1.29, 1.82) is 0 Å². The van der Waals surface area contributed by atoms with Crippen molar-refractivity contribution in [2.24, 2.45) is 0 Å². The van der Waals surface area contributed by atoms with Gasteiger partial charge in [-0.15, -0.1) is 0 Å². The van der Waals surface area contributed by atoms with Crippen LogP contribution in [0, 0.1) is 0 Å². The quantitative estimate of drug-likeness (QED) is 0.892. The Morgan fingerprint density at radius 2 is 1.94 bits per heavy atom. The van der Waals surface area contributed by atoms with E-state index in [1.807, 2.05) is 6.07 Å². The largest absolute Gasteiger partial charge is 0.382 e. The van der Waals surface area contributed by atoms with Crippen LogP contribution >= 0.6 is 39.1 Å². The lowest BCUT2D eigenvalue weighted by Crippen LogP contribution is -2.02. The van der Waals surface area contributed by atoms with Gasteiger partial charge >= 0.3 is 0 Å². The van der Waals surface area contributed by atoms with Crippen LogP contribution in [0.2, 0.25) is 10.0 Å². The molecule has 0 aliphatic rings. The Balaban J connectivity index is 2.39. The summed E-state index contributed by atoms with van der Waals surface area (Å²) >= 11 is 15.2. The van der Waals surface area contributed by atoms with Crippen molar-refractivity contribution in [2.75, 3.05) is 0 Å². The molecule has 0 aliphatic carbocycles. The van der Waals surface area contributed by atoms with Crippen LogP contribution in [0.1, 0.15) is 17.4 Å². The highest BCUT2D eigenvalue weighted by Crippen LogP contribution is 2.29. The summed E-state index contributed by atoms with van der Waals surface area (Å²) in [5.41, 5.74) is 1.08. The van der Waals surface area contributed by atoms with Gasteiger partial charge in [-0.05, 0) is 46.3 Å². The molecule has 1 aromatic heterocycles. The normalized spacial score (nSPS) is 12.5. The van der Waals surface area contributed by atoms with Crippen LogP contribution in [0.5, 0.6) is 0 Å². The van der Waals surface area contributed by atoms with Crippen LogP contribution in [0.3, 0.4) is 0 Å². The molecular weight excluding hydrogens is 325 g/mol. The van der Waals surface area contributed by atoms with Gasteiger partial charge in [-0.1, -0.05) is 23.2 Å². The third-order valence-corrected chi connectivity index (χ3v) is 3.33. The van der Waals surface area contributed by atoms with Gasteiger partial charge in [-0.2, -0.15) is 0 Å².